The van der Waals surface area contributed by atoms with Gasteiger partial charge in [-0.3, -0.25) is 10.1 Å². The number of nitrogens with one attached hydrogen (secondary N) is 2. The van der Waals surface area contributed by atoms with Gasteiger partial charge in [0.1, 0.15) is 0 Å². The molecule has 0 bridgehead atoms. The Kier molecular flexibility index (Phi) is 10.1. The molecule has 13 heteroatoms. The Morgan fingerprint density at radius 1 is 1.05 bits per heavy atom. The highest BCUT2D eigenvalue weighted by Crippen LogP contribution is 2.26. The summed E-state index contributed by atoms with van der Waals surface area (Å²) in [7, 11) is 0. The first-order valence-electron chi connectivity index (χ1n) is 15.1. The van der Waals surface area contributed by atoms with Gasteiger partial charge in [0, 0.05) is 55.6 Å². The number of halogens is 1. The van der Waals surface area contributed by atoms with Gasteiger partial charge in [0.05, 0.1) is 17.8 Å². The number of anilines is 3. The van der Waals surface area contributed by atoms with Gasteiger partial charge in [-0.15, -0.1) is 0 Å². The highest BCUT2D eigenvalue weighted by Gasteiger charge is 2.25. The van der Waals surface area contributed by atoms with Crippen LogP contribution in [0.25, 0.3) is 11.2 Å². The molecule has 3 heterocycles. The number of hydrogen-bond acceptors (Lipinski definition) is 8. The molecular formula is C31H38ClN9O3. The maximum Gasteiger partial charge on any atom is 0.321 e. The Balaban J connectivity index is 1.35. The maximum absolute atomic E-state index is 12.9. The average molecular weight is 620 g/mol. The minimum absolute atomic E-state index is 0.0508. The molecule has 232 valence electrons. The zero-order valence-electron chi connectivity index (χ0n) is 25.1. The molecular weight excluding hydrogens is 582 g/mol. The Labute approximate surface area is 261 Å². The van der Waals surface area contributed by atoms with Gasteiger partial charge in [0.2, 0.25) is 5.95 Å². The molecule has 2 aromatic heterocycles. The third-order valence-corrected chi connectivity index (χ3v) is 8.25. The first-order valence-corrected chi connectivity index (χ1v) is 15.5. The van der Waals surface area contributed by atoms with E-state index in [4.69, 9.17) is 21.6 Å². The van der Waals surface area contributed by atoms with Gasteiger partial charge >= 0.3 is 6.03 Å². The highest BCUT2D eigenvalue weighted by molar-refractivity contribution is 6.30. The van der Waals surface area contributed by atoms with Crippen molar-refractivity contribution in [3.8, 4) is 0 Å². The second kappa shape index (κ2) is 14.3. The molecule has 0 aliphatic carbocycles. The monoisotopic (exact) mass is 619 g/mol. The summed E-state index contributed by atoms with van der Waals surface area (Å²) in [6.45, 7) is 7.84. The topological polar surface area (TPSA) is 134 Å². The molecule has 1 aliphatic rings. The van der Waals surface area contributed by atoms with Crippen molar-refractivity contribution in [1.29, 1.82) is 0 Å². The average Bonchev–Trinajstić information content (AvgIpc) is 3.45. The molecule has 0 radical (unpaired) electrons. The number of piperazine rings is 1. The van der Waals surface area contributed by atoms with Crippen molar-refractivity contribution in [1.82, 2.24) is 24.4 Å². The van der Waals surface area contributed by atoms with Crippen molar-refractivity contribution in [2.45, 2.75) is 46.1 Å². The zero-order valence-corrected chi connectivity index (χ0v) is 25.8. The van der Waals surface area contributed by atoms with E-state index in [0.717, 1.165) is 31.4 Å². The van der Waals surface area contributed by atoms with E-state index in [1.54, 1.807) is 47.6 Å². The summed E-state index contributed by atoms with van der Waals surface area (Å²) in [6, 6.07) is 13.4. The van der Waals surface area contributed by atoms with Crippen LogP contribution in [0.4, 0.5) is 27.9 Å². The van der Waals surface area contributed by atoms with Gasteiger partial charge in [0.15, 0.2) is 17.0 Å². The lowest BCUT2D eigenvalue weighted by Crippen LogP contribution is -2.50. The van der Waals surface area contributed by atoms with Crippen molar-refractivity contribution in [2.24, 2.45) is 5.92 Å². The molecule has 1 unspecified atom stereocenters. The van der Waals surface area contributed by atoms with Crippen LogP contribution in [0.1, 0.15) is 45.1 Å². The van der Waals surface area contributed by atoms with Crippen molar-refractivity contribution >= 4 is 51.9 Å². The van der Waals surface area contributed by atoms with Crippen molar-refractivity contribution in [2.75, 3.05) is 48.3 Å². The minimum atomic E-state index is -0.404. The van der Waals surface area contributed by atoms with Crippen LogP contribution in [-0.2, 0) is 6.54 Å². The van der Waals surface area contributed by atoms with Crippen LogP contribution in [0.2, 0.25) is 5.02 Å². The van der Waals surface area contributed by atoms with Gasteiger partial charge in [-0.05, 0) is 42.2 Å². The number of aromatic nitrogens is 4. The van der Waals surface area contributed by atoms with E-state index in [2.05, 4.69) is 34.4 Å². The van der Waals surface area contributed by atoms with E-state index in [1.807, 2.05) is 4.57 Å². The third kappa shape index (κ3) is 7.54. The number of benzene rings is 2. The number of unbranched alkanes of at least 4 members (excludes halogenated alkanes) is 1. The molecule has 44 heavy (non-hydrogen) atoms. The summed E-state index contributed by atoms with van der Waals surface area (Å²) < 4.78 is 1.94. The number of nitro benzene ring substituents is 1. The van der Waals surface area contributed by atoms with Crippen molar-refractivity contribution < 1.29 is 9.72 Å². The van der Waals surface area contributed by atoms with E-state index < -0.39 is 4.92 Å². The first kappa shape index (κ1) is 31.0. The molecule has 0 saturated carbocycles. The van der Waals surface area contributed by atoms with E-state index in [9.17, 15) is 14.9 Å². The number of fused-ring (bicyclic) bond motifs is 1. The summed E-state index contributed by atoms with van der Waals surface area (Å²) in [6.07, 6.45) is 6.31. The zero-order chi connectivity index (χ0) is 31.1. The minimum Gasteiger partial charge on any atom is -0.368 e. The fraction of sp³-hybridized carbons (Fsp3) is 0.419. The summed E-state index contributed by atoms with van der Waals surface area (Å²) in [5.41, 5.74) is 3.00. The van der Waals surface area contributed by atoms with Crippen LogP contribution in [0.15, 0.2) is 54.9 Å². The van der Waals surface area contributed by atoms with Crippen LogP contribution >= 0.6 is 11.6 Å². The number of non-ortho nitro benzene ring substituents is 1. The number of nitro groups is 1. The second-order valence-corrected chi connectivity index (χ2v) is 11.5. The number of amides is 2. The number of hydrogen-bond donors (Lipinski definition) is 2. The van der Waals surface area contributed by atoms with Crippen LogP contribution in [0, 0.1) is 16.0 Å². The van der Waals surface area contributed by atoms with Crippen molar-refractivity contribution in [3.63, 3.8) is 0 Å². The second-order valence-electron chi connectivity index (χ2n) is 11.0. The number of nitrogens with zero attached hydrogens (tertiary/aromatic N) is 7. The summed E-state index contributed by atoms with van der Waals surface area (Å²) >= 11 is 5.97. The molecule has 2 N–H and O–H groups in total. The lowest BCUT2D eigenvalue weighted by atomic mass is 9.99. The molecule has 12 nitrogen and oxygen atoms in total. The normalized spacial score (nSPS) is 14.1. The lowest BCUT2D eigenvalue weighted by molar-refractivity contribution is -0.384. The summed E-state index contributed by atoms with van der Waals surface area (Å²) in [4.78, 5) is 42.0. The molecule has 2 amide bonds. The predicted molar refractivity (Wildman–Crippen MR) is 174 cm³/mol. The molecule has 0 spiro atoms. The number of carbonyl (C=O) groups excluding carboxylic acids is 1. The molecule has 5 rings (SSSR count). The van der Waals surface area contributed by atoms with Crippen LogP contribution < -0.4 is 15.5 Å². The first-order chi connectivity index (χ1) is 21.3. The fourth-order valence-corrected chi connectivity index (χ4v) is 5.39. The molecule has 1 fully saturated rings. The molecule has 1 saturated heterocycles. The van der Waals surface area contributed by atoms with Crippen molar-refractivity contribution in [3.05, 3.63) is 75.6 Å². The van der Waals surface area contributed by atoms with Gasteiger partial charge in [-0.2, -0.15) is 9.97 Å². The quantitative estimate of drug-likeness (QED) is 0.137. The maximum atomic E-state index is 12.9. The van der Waals surface area contributed by atoms with Gasteiger partial charge in [-0.25, -0.2) is 9.78 Å². The number of urea groups is 1. The summed E-state index contributed by atoms with van der Waals surface area (Å²) in [5, 5.41) is 18.2. The number of rotatable bonds is 12. The molecule has 1 atom stereocenters. The number of carbonyl (C=O) groups is 1. The van der Waals surface area contributed by atoms with Crippen LogP contribution in [0.3, 0.4) is 0 Å². The Morgan fingerprint density at radius 3 is 2.43 bits per heavy atom. The van der Waals surface area contributed by atoms with E-state index in [-0.39, 0.29) is 11.7 Å². The van der Waals surface area contributed by atoms with Crippen LogP contribution in [-0.4, -0.2) is 68.1 Å². The van der Waals surface area contributed by atoms with Gasteiger partial charge in [0.25, 0.3) is 5.69 Å². The number of imidazole rings is 1. The Hall–Kier alpha value is -4.45. The lowest BCUT2D eigenvalue weighted by Gasteiger charge is -2.34. The highest BCUT2D eigenvalue weighted by atomic mass is 35.5. The van der Waals surface area contributed by atoms with Gasteiger partial charge in [-0.1, -0.05) is 56.8 Å². The van der Waals surface area contributed by atoms with Crippen LogP contribution in [0.5, 0.6) is 0 Å². The Bertz CT molecular complexity index is 1570. The standard InChI is InChI=1S/C31H38ClN9O3/c1-3-5-6-22(4-2)19-33-28-27-29(40(21-34-27)20-23-7-13-26(14-8-23)41(43)44)37-30(36-28)38-15-17-39(18-16-38)31(42)35-25-11-9-24(32)10-12-25/h7-14,21-22H,3-6,15-20H2,1-2H3,(H,35,42)(H,33,36,37). The SMILES string of the molecule is CCCCC(CC)CNc1nc(N2CCN(C(=O)Nc3ccc(Cl)cc3)CC2)nc2c1ncn2Cc1ccc([N+](=O)[O-])cc1. The molecule has 1 aliphatic heterocycles. The largest absolute Gasteiger partial charge is 0.368 e. The third-order valence-electron chi connectivity index (χ3n) is 8.00. The Morgan fingerprint density at radius 2 is 1.77 bits per heavy atom. The van der Waals surface area contributed by atoms with E-state index in [1.165, 1.54) is 18.6 Å². The smallest absolute Gasteiger partial charge is 0.321 e. The molecule has 2 aromatic carbocycles. The van der Waals surface area contributed by atoms with E-state index >= 15 is 0 Å². The molecule has 4 aromatic rings. The summed E-state index contributed by atoms with van der Waals surface area (Å²) in [5.74, 6) is 1.78. The fourth-order valence-electron chi connectivity index (χ4n) is 5.26. The van der Waals surface area contributed by atoms with Gasteiger partial charge < -0.3 is 25.0 Å². The van der Waals surface area contributed by atoms with E-state index in [0.29, 0.717) is 72.3 Å². The predicted octanol–water partition coefficient (Wildman–Crippen LogP) is 6.42.